The third-order valence-electron chi connectivity index (χ3n) is 6.14. The Bertz CT molecular complexity index is 1470. The van der Waals surface area contributed by atoms with E-state index >= 15 is 0 Å². The maximum atomic E-state index is 13.7. The molecule has 5 heteroatoms. The number of benzene rings is 3. The van der Waals surface area contributed by atoms with Crippen LogP contribution in [-0.4, -0.2) is 15.3 Å². The Balaban J connectivity index is 1.73. The molecule has 0 aliphatic rings. The van der Waals surface area contributed by atoms with E-state index in [0.717, 1.165) is 35.2 Å². The van der Waals surface area contributed by atoms with Gasteiger partial charge in [0.05, 0.1) is 23.0 Å². The standard InChI is InChI=1S/C30H27N3O2/c1-4-7-29-28(18-22-10-12-24(13-11-22)27-9-6-5-8-25(27)19-31)30(35)33(21(3)32-29)26-16-14-23(15-17-26)20(2)34/h5-6,8-17H,4,7,18H2,1-3H3. The molecule has 0 amide bonds. The Morgan fingerprint density at radius 2 is 1.69 bits per heavy atom. The first-order valence-electron chi connectivity index (χ1n) is 11.7. The molecule has 0 saturated carbocycles. The van der Waals surface area contributed by atoms with Crippen LogP contribution in [-0.2, 0) is 12.8 Å². The fourth-order valence-corrected chi connectivity index (χ4v) is 4.33. The molecular formula is C30H27N3O2. The van der Waals surface area contributed by atoms with E-state index in [2.05, 4.69) is 13.0 Å². The third kappa shape index (κ3) is 4.97. The van der Waals surface area contributed by atoms with Crippen LogP contribution in [0.2, 0.25) is 0 Å². The van der Waals surface area contributed by atoms with Gasteiger partial charge in [0.25, 0.3) is 5.56 Å². The second kappa shape index (κ2) is 10.3. The number of carbonyl (C=O) groups is 1. The predicted octanol–water partition coefficient (Wildman–Crippen LogP) is 5.83. The first kappa shape index (κ1) is 23.8. The second-order valence-corrected chi connectivity index (χ2v) is 8.61. The average Bonchev–Trinajstić information content (AvgIpc) is 2.87. The van der Waals surface area contributed by atoms with Gasteiger partial charge in [-0.1, -0.05) is 55.8 Å². The average molecular weight is 462 g/mol. The molecule has 0 atom stereocenters. The van der Waals surface area contributed by atoms with Gasteiger partial charge in [-0.3, -0.25) is 14.2 Å². The lowest BCUT2D eigenvalue weighted by molar-refractivity contribution is 0.101. The number of aryl methyl sites for hydroxylation is 2. The summed E-state index contributed by atoms with van der Waals surface area (Å²) in [7, 11) is 0. The number of aromatic nitrogens is 2. The molecule has 3 aromatic carbocycles. The minimum Gasteiger partial charge on any atom is -0.295 e. The maximum Gasteiger partial charge on any atom is 0.261 e. The molecule has 0 N–H and O–H groups in total. The molecule has 35 heavy (non-hydrogen) atoms. The van der Waals surface area contributed by atoms with Crippen LogP contribution >= 0.6 is 0 Å². The summed E-state index contributed by atoms with van der Waals surface area (Å²) in [6.07, 6.45) is 2.08. The number of Topliss-reactive ketones (excluding diaryl/α,β-unsaturated/α-hetero) is 1. The van der Waals surface area contributed by atoms with Crippen molar-refractivity contribution in [3.63, 3.8) is 0 Å². The van der Waals surface area contributed by atoms with Crippen molar-refractivity contribution in [2.24, 2.45) is 0 Å². The quantitative estimate of drug-likeness (QED) is 0.325. The monoisotopic (exact) mass is 461 g/mol. The molecule has 0 radical (unpaired) electrons. The van der Waals surface area contributed by atoms with Crippen molar-refractivity contribution >= 4 is 5.78 Å². The van der Waals surface area contributed by atoms with Crippen LogP contribution in [0, 0.1) is 18.3 Å². The van der Waals surface area contributed by atoms with Gasteiger partial charge in [0.15, 0.2) is 5.78 Å². The second-order valence-electron chi connectivity index (χ2n) is 8.61. The fraction of sp³-hybridized carbons (Fsp3) is 0.200. The number of hydrogen-bond acceptors (Lipinski definition) is 4. The van der Waals surface area contributed by atoms with Gasteiger partial charge in [-0.05, 0) is 67.3 Å². The van der Waals surface area contributed by atoms with Crippen LogP contribution in [0.15, 0.2) is 77.6 Å². The Morgan fingerprint density at radius 1 is 1.00 bits per heavy atom. The van der Waals surface area contributed by atoms with Crippen LogP contribution in [0.4, 0.5) is 0 Å². The highest BCUT2D eigenvalue weighted by molar-refractivity contribution is 5.94. The lowest BCUT2D eigenvalue weighted by Crippen LogP contribution is -2.28. The van der Waals surface area contributed by atoms with Crippen molar-refractivity contribution in [3.05, 3.63) is 117 Å². The molecule has 5 nitrogen and oxygen atoms in total. The maximum absolute atomic E-state index is 13.7. The molecule has 4 aromatic rings. The van der Waals surface area contributed by atoms with E-state index in [0.29, 0.717) is 34.6 Å². The Labute approximate surface area is 205 Å². The first-order valence-corrected chi connectivity index (χ1v) is 11.7. The molecule has 4 rings (SSSR count). The minimum absolute atomic E-state index is 0.0152. The zero-order chi connectivity index (χ0) is 24.9. The molecule has 0 unspecified atom stereocenters. The highest BCUT2D eigenvalue weighted by Gasteiger charge is 2.16. The highest BCUT2D eigenvalue weighted by atomic mass is 16.1. The van der Waals surface area contributed by atoms with E-state index in [1.165, 1.54) is 6.92 Å². The van der Waals surface area contributed by atoms with Crippen LogP contribution in [0.25, 0.3) is 16.8 Å². The van der Waals surface area contributed by atoms with Crippen LogP contribution in [0.5, 0.6) is 0 Å². The zero-order valence-electron chi connectivity index (χ0n) is 20.2. The Kier molecular flexibility index (Phi) is 7.03. The number of nitrogens with zero attached hydrogens (tertiary/aromatic N) is 3. The van der Waals surface area contributed by atoms with Crippen molar-refractivity contribution in [1.29, 1.82) is 5.26 Å². The fourth-order valence-electron chi connectivity index (χ4n) is 4.33. The van der Waals surface area contributed by atoms with E-state index in [4.69, 9.17) is 4.98 Å². The lowest BCUT2D eigenvalue weighted by atomic mass is 9.97. The third-order valence-corrected chi connectivity index (χ3v) is 6.14. The normalized spacial score (nSPS) is 10.7. The molecule has 1 aromatic heterocycles. The molecule has 0 spiro atoms. The Morgan fingerprint density at radius 3 is 2.31 bits per heavy atom. The number of ketones is 1. The van der Waals surface area contributed by atoms with Gasteiger partial charge in [-0.2, -0.15) is 5.26 Å². The van der Waals surface area contributed by atoms with E-state index in [1.54, 1.807) is 28.8 Å². The summed E-state index contributed by atoms with van der Waals surface area (Å²) in [6.45, 7) is 5.44. The van der Waals surface area contributed by atoms with Crippen molar-refractivity contribution in [2.45, 2.75) is 40.0 Å². The molecule has 1 heterocycles. The summed E-state index contributed by atoms with van der Waals surface area (Å²) < 4.78 is 1.62. The van der Waals surface area contributed by atoms with Crippen LogP contribution in [0.1, 0.15) is 58.8 Å². The summed E-state index contributed by atoms with van der Waals surface area (Å²) in [5.74, 6) is 0.611. The van der Waals surface area contributed by atoms with Crippen molar-refractivity contribution < 1.29 is 4.79 Å². The highest BCUT2D eigenvalue weighted by Crippen LogP contribution is 2.24. The van der Waals surface area contributed by atoms with E-state index in [9.17, 15) is 14.9 Å². The summed E-state index contributed by atoms with van der Waals surface area (Å²) >= 11 is 0. The lowest BCUT2D eigenvalue weighted by Gasteiger charge is -2.16. The van der Waals surface area contributed by atoms with Gasteiger partial charge in [-0.15, -0.1) is 0 Å². The van der Waals surface area contributed by atoms with E-state index < -0.39 is 0 Å². The smallest absolute Gasteiger partial charge is 0.261 e. The van der Waals surface area contributed by atoms with Gasteiger partial charge in [0.2, 0.25) is 0 Å². The summed E-state index contributed by atoms with van der Waals surface area (Å²) in [4.78, 5) is 30.2. The number of rotatable bonds is 7. The van der Waals surface area contributed by atoms with Gasteiger partial charge in [-0.25, -0.2) is 4.98 Å². The summed E-state index contributed by atoms with van der Waals surface area (Å²) in [5.41, 5.74) is 6.20. The number of carbonyl (C=O) groups excluding carboxylic acids is 1. The van der Waals surface area contributed by atoms with Crippen molar-refractivity contribution in [1.82, 2.24) is 9.55 Å². The predicted molar refractivity (Wildman–Crippen MR) is 138 cm³/mol. The van der Waals surface area contributed by atoms with Crippen LogP contribution < -0.4 is 5.56 Å². The van der Waals surface area contributed by atoms with Crippen molar-refractivity contribution in [3.8, 4) is 22.9 Å². The largest absolute Gasteiger partial charge is 0.295 e. The van der Waals surface area contributed by atoms with Crippen LogP contribution in [0.3, 0.4) is 0 Å². The molecular weight excluding hydrogens is 434 g/mol. The van der Waals surface area contributed by atoms with Gasteiger partial charge < -0.3 is 0 Å². The van der Waals surface area contributed by atoms with E-state index in [-0.39, 0.29) is 11.3 Å². The van der Waals surface area contributed by atoms with Gasteiger partial charge in [0, 0.05) is 17.5 Å². The molecule has 174 valence electrons. The SMILES string of the molecule is CCCc1nc(C)n(-c2ccc(C(C)=O)cc2)c(=O)c1Cc1ccc(-c2ccccc2C#N)cc1. The molecule has 0 saturated heterocycles. The first-order chi connectivity index (χ1) is 16.9. The zero-order valence-corrected chi connectivity index (χ0v) is 20.2. The number of nitriles is 1. The number of hydrogen-bond donors (Lipinski definition) is 0. The van der Waals surface area contributed by atoms with Crippen molar-refractivity contribution in [2.75, 3.05) is 0 Å². The van der Waals surface area contributed by atoms with Gasteiger partial charge in [0.1, 0.15) is 5.82 Å². The molecule has 0 fully saturated rings. The summed E-state index contributed by atoms with van der Waals surface area (Å²) in [6, 6.07) is 24.8. The van der Waals surface area contributed by atoms with Gasteiger partial charge >= 0.3 is 0 Å². The Hall–Kier alpha value is -4.30. The molecule has 0 aliphatic carbocycles. The topological polar surface area (TPSA) is 75.8 Å². The molecule has 0 bridgehead atoms. The summed E-state index contributed by atoms with van der Waals surface area (Å²) in [5, 5.41) is 9.41. The minimum atomic E-state index is -0.0876. The molecule has 0 aliphatic heterocycles. The van der Waals surface area contributed by atoms with E-state index in [1.807, 2.05) is 55.5 Å².